The van der Waals surface area contributed by atoms with Gasteiger partial charge < -0.3 is 15.2 Å². The number of benzene rings is 2. The first kappa shape index (κ1) is 17.7. The Labute approximate surface area is 150 Å². The van der Waals surface area contributed by atoms with E-state index in [0.717, 1.165) is 0 Å². The van der Waals surface area contributed by atoms with E-state index >= 15 is 0 Å². The largest absolute Gasteiger partial charge is 0.497 e. The van der Waals surface area contributed by atoms with Gasteiger partial charge in [-0.2, -0.15) is 0 Å². The number of amides is 1. The summed E-state index contributed by atoms with van der Waals surface area (Å²) in [6.07, 6.45) is 1.53. The highest BCUT2D eigenvalue weighted by Crippen LogP contribution is 2.29. The number of ether oxygens (including phenoxy) is 1. The number of hydrogen-bond donors (Lipinski definition) is 2. The summed E-state index contributed by atoms with van der Waals surface area (Å²) in [7, 11) is 1.51. The Morgan fingerprint density at radius 2 is 1.77 bits per heavy atom. The summed E-state index contributed by atoms with van der Waals surface area (Å²) < 4.78 is 19.2. The normalized spacial score (nSPS) is 13.6. The first-order valence-electron chi connectivity index (χ1n) is 8.20. The number of halogens is 1. The standard InChI is InChI=1S/C20H18FNO4/c1-26-14-9-10-18(21)17(11-14)12-5-7-13(8-6-12)22-19(23)15-3-2-4-16(15)20(24)25/h5-11H,2-4H2,1H3,(H,22,23)(H,24,25). The molecule has 0 saturated carbocycles. The summed E-state index contributed by atoms with van der Waals surface area (Å²) in [5.41, 5.74) is 2.06. The van der Waals surface area contributed by atoms with Crippen molar-refractivity contribution in [3.05, 3.63) is 59.4 Å². The van der Waals surface area contributed by atoms with Crippen LogP contribution in [-0.4, -0.2) is 24.1 Å². The van der Waals surface area contributed by atoms with E-state index in [1.165, 1.54) is 13.2 Å². The molecule has 1 aliphatic carbocycles. The molecule has 0 spiro atoms. The lowest BCUT2D eigenvalue weighted by Crippen LogP contribution is -2.16. The van der Waals surface area contributed by atoms with E-state index in [1.54, 1.807) is 36.4 Å². The van der Waals surface area contributed by atoms with Crippen LogP contribution in [0.5, 0.6) is 5.75 Å². The monoisotopic (exact) mass is 355 g/mol. The van der Waals surface area contributed by atoms with Gasteiger partial charge in [0.2, 0.25) is 0 Å². The van der Waals surface area contributed by atoms with Crippen molar-refractivity contribution in [2.75, 3.05) is 12.4 Å². The van der Waals surface area contributed by atoms with Crippen LogP contribution in [-0.2, 0) is 9.59 Å². The Hall–Kier alpha value is -3.15. The van der Waals surface area contributed by atoms with E-state index < -0.39 is 11.9 Å². The van der Waals surface area contributed by atoms with Gasteiger partial charge in [-0.05, 0) is 55.2 Å². The van der Waals surface area contributed by atoms with Crippen LogP contribution >= 0.6 is 0 Å². The number of carboxylic acids is 1. The van der Waals surface area contributed by atoms with Gasteiger partial charge in [0.25, 0.3) is 5.91 Å². The first-order valence-corrected chi connectivity index (χ1v) is 8.20. The molecule has 3 rings (SSSR count). The van der Waals surface area contributed by atoms with Crippen molar-refractivity contribution in [3.8, 4) is 16.9 Å². The quantitative estimate of drug-likeness (QED) is 0.850. The molecular weight excluding hydrogens is 337 g/mol. The molecule has 5 nitrogen and oxygen atoms in total. The molecule has 0 aromatic heterocycles. The van der Waals surface area contributed by atoms with Gasteiger partial charge in [0, 0.05) is 22.4 Å². The molecular formula is C20H18FNO4. The Morgan fingerprint density at radius 1 is 1.08 bits per heavy atom. The number of hydrogen-bond acceptors (Lipinski definition) is 3. The number of rotatable bonds is 5. The second-order valence-electron chi connectivity index (χ2n) is 5.99. The van der Waals surface area contributed by atoms with Crippen molar-refractivity contribution in [2.45, 2.75) is 19.3 Å². The van der Waals surface area contributed by atoms with E-state index in [-0.39, 0.29) is 11.4 Å². The minimum atomic E-state index is -1.04. The van der Waals surface area contributed by atoms with Gasteiger partial charge in [-0.1, -0.05) is 12.1 Å². The zero-order valence-corrected chi connectivity index (χ0v) is 14.2. The Morgan fingerprint density at radius 3 is 2.42 bits per heavy atom. The summed E-state index contributed by atoms with van der Waals surface area (Å²) in [6.45, 7) is 0. The predicted molar refractivity (Wildman–Crippen MR) is 95.5 cm³/mol. The minimum absolute atomic E-state index is 0.178. The van der Waals surface area contributed by atoms with E-state index in [2.05, 4.69) is 5.32 Å². The highest BCUT2D eigenvalue weighted by molar-refractivity contribution is 6.09. The van der Waals surface area contributed by atoms with Crippen LogP contribution < -0.4 is 10.1 Å². The van der Waals surface area contributed by atoms with Gasteiger partial charge in [-0.25, -0.2) is 9.18 Å². The second-order valence-corrected chi connectivity index (χ2v) is 5.99. The fourth-order valence-corrected chi connectivity index (χ4v) is 3.02. The molecule has 6 heteroatoms. The van der Waals surface area contributed by atoms with Crippen LogP contribution in [0, 0.1) is 5.82 Å². The Kier molecular flexibility index (Phi) is 5.02. The van der Waals surface area contributed by atoms with Gasteiger partial charge >= 0.3 is 5.97 Å². The molecule has 0 radical (unpaired) electrons. The van der Waals surface area contributed by atoms with Crippen LogP contribution in [0.15, 0.2) is 53.6 Å². The average Bonchev–Trinajstić information content (AvgIpc) is 3.13. The van der Waals surface area contributed by atoms with Crippen molar-refractivity contribution in [1.29, 1.82) is 0 Å². The highest BCUT2D eigenvalue weighted by Gasteiger charge is 2.25. The zero-order chi connectivity index (χ0) is 18.7. The van der Waals surface area contributed by atoms with E-state index in [1.807, 2.05) is 0 Å². The van der Waals surface area contributed by atoms with Gasteiger partial charge in [0.15, 0.2) is 0 Å². The van der Waals surface area contributed by atoms with E-state index in [0.29, 0.717) is 47.4 Å². The summed E-state index contributed by atoms with van der Waals surface area (Å²) in [6, 6.07) is 11.2. The molecule has 0 fully saturated rings. The molecule has 0 unspecified atom stereocenters. The zero-order valence-electron chi connectivity index (χ0n) is 14.2. The van der Waals surface area contributed by atoms with Crippen LogP contribution in [0.4, 0.5) is 10.1 Å². The highest BCUT2D eigenvalue weighted by atomic mass is 19.1. The fraction of sp³-hybridized carbons (Fsp3) is 0.200. The van der Waals surface area contributed by atoms with Gasteiger partial charge in [0.1, 0.15) is 11.6 Å². The van der Waals surface area contributed by atoms with Crippen molar-refractivity contribution in [3.63, 3.8) is 0 Å². The van der Waals surface area contributed by atoms with Crippen molar-refractivity contribution >= 4 is 17.6 Å². The topological polar surface area (TPSA) is 75.6 Å². The number of carbonyl (C=O) groups excluding carboxylic acids is 1. The third-order valence-electron chi connectivity index (χ3n) is 4.38. The lowest BCUT2D eigenvalue weighted by Gasteiger charge is -2.09. The number of aliphatic carboxylic acids is 1. The van der Waals surface area contributed by atoms with Gasteiger partial charge in [-0.3, -0.25) is 4.79 Å². The summed E-state index contributed by atoms with van der Waals surface area (Å²) in [5, 5.41) is 11.9. The summed E-state index contributed by atoms with van der Waals surface area (Å²) >= 11 is 0. The Bertz CT molecular complexity index is 887. The number of carboxylic acid groups (broad SMARTS) is 1. The molecule has 26 heavy (non-hydrogen) atoms. The van der Waals surface area contributed by atoms with E-state index in [9.17, 15) is 14.0 Å². The molecule has 134 valence electrons. The number of nitrogens with one attached hydrogen (secondary N) is 1. The molecule has 2 N–H and O–H groups in total. The predicted octanol–water partition coefficient (Wildman–Crippen LogP) is 4.00. The molecule has 1 aliphatic rings. The molecule has 2 aromatic rings. The fourth-order valence-electron chi connectivity index (χ4n) is 3.02. The van der Waals surface area contributed by atoms with Gasteiger partial charge in [-0.15, -0.1) is 0 Å². The SMILES string of the molecule is COc1ccc(F)c(-c2ccc(NC(=O)C3=C(C(=O)O)CCC3)cc2)c1. The lowest BCUT2D eigenvalue weighted by atomic mass is 10.0. The maximum atomic E-state index is 14.0. The summed E-state index contributed by atoms with van der Waals surface area (Å²) in [4.78, 5) is 23.5. The Balaban J connectivity index is 1.79. The average molecular weight is 355 g/mol. The number of anilines is 1. The third kappa shape index (κ3) is 3.59. The molecule has 0 heterocycles. The molecule has 0 aliphatic heterocycles. The molecule has 1 amide bonds. The molecule has 0 atom stereocenters. The molecule has 2 aromatic carbocycles. The first-order chi connectivity index (χ1) is 12.5. The van der Waals surface area contributed by atoms with Crippen LogP contribution in [0.1, 0.15) is 19.3 Å². The number of methoxy groups -OCH3 is 1. The van der Waals surface area contributed by atoms with Crippen molar-refractivity contribution in [2.24, 2.45) is 0 Å². The third-order valence-corrected chi connectivity index (χ3v) is 4.38. The molecule has 0 bridgehead atoms. The van der Waals surface area contributed by atoms with E-state index in [4.69, 9.17) is 9.84 Å². The van der Waals surface area contributed by atoms with Gasteiger partial charge in [0.05, 0.1) is 7.11 Å². The number of carbonyl (C=O) groups is 2. The minimum Gasteiger partial charge on any atom is -0.497 e. The van der Waals surface area contributed by atoms with Crippen LogP contribution in [0.2, 0.25) is 0 Å². The lowest BCUT2D eigenvalue weighted by molar-refractivity contribution is -0.133. The van der Waals surface area contributed by atoms with Crippen molar-refractivity contribution < 1.29 is 23.8 Å². The summed E-state index contributed by atoms with van der Waals surface area (Å²) in [5.74, 6) is -1.27. The smallest absolute Gasteiger partial charge is 0.332 e. The maximum Gasteiger partial charge on any atom is 0.332 e. The maximum absolute atomic E-state index is 14.0. The van der Waals surface area contributed by atoms with Crippen LogP contribution in [0.3, 0.4) is 0 Å². The second kappa shape index (κ2) is 7.39. The van der Waals surface area contributed by atoms with Crippen LogP contribution in [0.25, 0.3) is 11.1 Å². The molecule has 0 saturated heterocycles. The van der Waals surface area contributed by atoms with Crippen molar-refractivity contribution in [1.82, 2.24) is 0 Å².